The molecule has 3 aromatic heterocycles. The Morgan fingerprint density at radius 1 is 1.04 bits per heavy atom. The number of hydrogen-bond acceptors (Lipinski definition) is 6. The van der Waals surface area contributed by atoms with Crippen LogP contribution >= 0.6 is 11.6 Å². The number of rotatable bonds is 5. The van der Waals surface area contributed by atoms with Crippen molar-refractivity contribution < 1.29 is 0 Å². The van der Waals surface area contributed by atoms with E-state index in [1.165, 1.54) is 0 Å². The lowest BCUT2D eigenvalue weighted by Gasteiger charge is -2.09. The minimum absolute atomic E-state index is 0.0291. The summed E-state index contributed by atoms with van der Waals surface area (Å²) in [5.74, 6) is 2.18. The molecule has 0 saturated carbocycles. The third-order valence-corrected chi connectivity index (χ3v) is 4.52. The van der Waals surface area contributed by atoms with E-state index in [9.17, 15) is 0 Å². The van der Waals surface area contributed by atoms with Crippen molar-refractivity contribution in [3.63, 3.8) is 0 Å². The predicted octanol–water partition coefficient (Wildman–Crippen LogP) is 2.99. The van der Waals surface area contributed by atoms with Gasteiger partial charge >= 0.3 is 0 Å². The number of nitrogens with zero attached hydrogens (tertiary/aromatic N) is 8. The third kappa shape index (κ3) is 3.56. The summed E-state index contributed by atoms with van der Waals surface area (Å²) >= 11 is 6.04. The Morgan fingerprint density at radius 3 is 2.63 bits per heavy atom. The van der Waals surface area contributed by atoms with Crippen molar-refractivity contribution >= 4 is 11.6 Å². The number of benzene rings is 1. The van der Waals surface area contributed by atoms with Crippen LogP contribution < -0.4 is 0 Å². The first-order chi connectivity index (χ1) is 13.1. The Bertz CT molecular complexity index is 1060. The third-order valence-electron chi connectivity index (χ3n) is 4.29. The molecule has 27 heavy (non-hydrogen) atoms. The number of pyridine rings is 1. The number of aromatic nitrogens is 8. The first-order valence-electron chi connectivity index (χ1n) is 8.46. The lowest BCUT2D eigenvalue weighted by molar-refractivity contribution is 0.412. The normalized spacial score (nSPS) is 12.3. The molecule has 0 saturated heterocycles. The van der Waals surface area contributed by atoms with Crippen molar-refractivity contribution in [3.05, 3.63) is 59.6 Å². The lowest BCUT2D eigenvalue weighted by atomic mass is 10.2. The monoisotopic (exact) mass is 380 g/mol. The van der Waals surface area contributed by atoms with Crippen LogP contribution in [0.2, 0.25) is 5.02 Å². The van der Waals surface area contributed by atoms with Crippen molar-refractivity contribution in [3.8, 4) is 22.8 Å². The molecule has 4 aromatic rings. The first-order valence-corrected chi connectivity index (χ1v) is 8.83. The van der Waals surface area contributed by atoms with E-state index in [0.29, 0.717) is 17.3 Å². The van der Waals surface area contributed by atoms with Gasteiger partial charge in [0.15, 0.2) is 5.82 Å². The summed E-state index contributed by atoms with van der Waals surface area (Å²) in [6.45, 7) is 2.02. The van der Waals surface area contributed by atoms with Crippen molar-refractivity contribution in [2.75, 3.05) is 0 Å². The average molecular weight is 381 g/mol. The fourth-order valence-corrected chi connectivity index (χ4v) is 2.98. The number of tetrazole rings is 1. The van der Waals surface area contributed by atoms with Crippen molar-refractivity contribution in [1.29, 1.82) is 0 Å². The van der Waals surface area contributed by atoms with Crippen LogP contribution in [-0.2, 0) is 13.5 Å². The summed E-state index contributed by atoms with van der Waals surface area (Å²) in [6, 6.07) is 11.2. The Balaban J connectivity index is 1.53. The molecule has 3 heterocycles. The summed E-state index contributed by atoms with van der Waals surface area (Å²) in [5, 5.41) is 22.1. The molecule has 0 aliphatic heterocycles. The second kappa shape index (κ2) is 7.24. The molecule has 4 rings (SSSR count). The molecular formula is C18H17ClN8. The van der Waals surface area contributed by atoms with E-state index >= 15 is 0 Å². The molecular weight excluding hydrogens is 364 g/mol. The van der Waals surface area contributed by atoms with Gasteiger partial charge in [-0.25, -0.2) is 0 Å². The molecule has 1 atom stereocenters. The summed E-state index contributed by atoms with van der Waals surface area (Å²) in [7, 11) is 1.95. The van der Waals surface area contributed by atoms with Crippen LogP contribution in [0, 0.1) is 0 Å². The van der Waals surface area contributed by atoms with Crippen molar-refractivity contribution in [2.24, 2.45) is 7.05 Å². The fourth-order valence-electron chi connectivity index (χ4n) is 2.79. The Kier molecular flexibility index (Phi) is 4.64. The summed E-state index contributed by atoms with van der Waals surface area (Å²) in [4.78, 5) is 5.63. The summed E-state index contributed by atoms with van der Waals surface area (Å²) in [5.41, 5.74) is 1.81. The maximum absolute atomic E-state index is 6.04. The largest absolute Gasteiger partial charge is 0.314 e. The quantitative estimate of drug-likeness (QED) is 0.529. The molecule has 0 amide bonds. The summed E-state index contributed by atoms with van der Waals surface area (Å²) in [6.07, 6.45) is 4.10. The zero-order chi connectivity index (χ0) is 18.8. The molecule has 0 bridgehead atoms. The van der Waals surface area contributed by atoms with E-state index in [1.54, 1.807) is 17.2 Å². The van der Waals surface area contributed by atoms with Gasteiger partial charge in [-0.1, -0.05) is 23.7 Å². The second-order valence-electron chi connectivity index (χ2n) is 6.23. The van der Waals surface area contributed by atoms with Gasteiger partial charge in [0.1, 0.15) is 5.82 Å². The minimum Gasteiger partial charge on any atom is -0.314 e. The molecule has 8 nitrogen and oxygen atoms in total. The van der Waals surface area contributed by atoms with E-state index < -0.39 is 0 Å². The highest BCUT2D eigenvalue weighted by Crippen LogP contribution is 2.21. The highest BCUT2D eigenvalue weighted by molar-refractivity contribution is 6.30. The first kappa shape index (κ1) is 17.3. The minimum atomic E-state index is -0.0291. The van der Waals surface area contributed by atoms with Gasteiger partial charge in [0.25, 0.3) is 0 Å². The molecule has 0 N–H and O–H groups in total. The second-order valence-corrected chi connectivity index (χ2v) is 6.67. The van der Waals surface area contributed by atoms with E-state index in [-0.39, 0.29) is 6.04 Å². The molecule has 0 radical (unpaired) electrons. The Labute approximate surface area is 160 Å². The maximum atomic E-state index is 6.04. The van der Waals surface area contributed by atoms with Gasteiger partial charge in [-0.3, -0.25) is 4.98 Å². The SMILES string of the molecule is CC(Cc1nnc(-c2ccncc2)n1C)n1nnc(-c2cccc(Cl)c2)n1. The van der Waals surface area contributed by atoms with Crippen molar-refractivity contribution in [1.82, 2.24) is 40.0 Å². The summed E-state index contributed by atoms with van der Waals surface area (Å²) < 4.78 is 1.97. The molecule has 0 fully saturated rings. The smallest absolute Gasteiger partial charge is 0.204 e. The number of halogens is 1. The average Bonchev–Trinajstić information content (AvgIpc) is 3.31. The standard InChI is InChI=1S/C18H17ClN8/c1-12(27-24-17(22-25-27)14-4-3-5-15(19)11-14)10-16-21-23-18(26(16)2)13-6-8-20-9-7-13/h3-9,11-12H,10H2,1-2H3. The van der Waals surface area contributed by atoms with Gasteiger partial charge in [-0.2, -0.15) is 4.80 Å². The van der Waals surface area contributed by atoms with E-state index in [0.717, 1.165) is 22.8 Å². The Morgan fingerprint density at radius 2 is 1.85 bits per heavy atom. The van der Waals surface area contributed by atoms with Crippen LogP contribution in [0.15, 0.2) is 48.8 Å². The zero-order valence-electron chi connectivity index (χ0n) is 14.9. The molecule has 9 heteroatoms. The Hall–Kier alpha value is -3.13. The lowest BCUT2D eigenvalue weighted by Crippen LogP contribution is -2.14. The van der Waals surface area contributed by atoms with Crippen LogP contribution in [0.1, 0.15) is 18.8 Å². The van der Waals surface area contributed by atoms with E-state index in [1.807, 2.05) is 54.9 Å². The van der Waals surface area contributed by atoms with Crippen LogP contribution in [0.5, 0.6) is 0 Å². The molecule has 0 aliphatic rings. The van der Waals surface area contributed by atoms with Gasteiger partial charge in [-0.15, -0.1) is 20.4 Å². The highest BCUT2D eigenvalue weighted by Gasteiger charge is 2.17. The fraction of sp³-hybridized carbons (Fsp3) is 0.222. The molecule has 0 spiro atoms. The van der Waals surface area contributed by atoms with Gasteiger partial charge in [-0.05, 0) is 36.4 Å². The van der Waals surface area contributed by atoms with Crippen molar-refractivity contribution in [2.45, 2.75) is 19.4 Å². The van der Waals surface area contributed by atoms with Crippen LogP contribution in [0.4, 0.5) is 0 Å². The number of hydrogen-bond donors (Lipinski definition) is 0. The van der Waals surface area contributed by atoms with Gasteiger partial charge in [0, 0.05) is 42.0 Å². The van der Waals surface area contributed by atoms with E-state index in [2.05, 4.69) is 30.6 Å². The van der Waals surface area contributed by atoms with Gasteiger partial charge < -0.3 is 4.57 Å². The molecule has 0 aliphatic carbocycles. The topological polar surface area (TPSA) is 87.2 Å². The maximum Gasteiger partial charge on any atom is 0.204 e. The predicted molar refractivity (Wildman–Crippen MR) is 101 cm³/mol. The van der Waals surface area contributed by atoms with Crippen LogP contribution in [0.3, 0.4) is 0 Å². The highest BCUT2D eigenvalue weighted by atomic mass is 35.5. The van der Waals surface area contributed by atoms with E-state index in [4.69, 9.17) is 11.6 Å². The molecule has 136 valence electrons. The molecule has 1 aromatic carbocycles. The van der Waals surface area contributed by atoms with Crippen LogP contribution in [0.25, 0.3) is 22.8 Å². The zero-order valence-corrected chi connectivity index (χ0v) is 15.6. The van der Waals surface area contributed by atoms with Crippen LogP contribution in [-0.4, -0.2) is 40.0 Å². The van der Waals surface area contributed by atoms with Gasteiger partial charge in [0.2, 0.25) is 5.82 Å². The van der Waals surface area contributed by atoms with Gasteiger partial charge in [0.05, 0.1) is 6.04 Å². The molecule has 1 unspecified atom stereocenters.